The number of aromatic nitrogens is 1. The summed E-state index contributed by atoms with van der Waals surface area (Å²) >= 11 is 3.30. The molecule has 2 heterocycles. The Bertz CT molecular complexity index is 687. The number of halogens is 1. The minimum atomic E-state index is -0.614. The van der Waals surface area contributed by atoms with E-state index in [9.17, 15) is 4.79 Å². The smallest absolute Gasteiger partial charge is 0.273 e. The number of nitrogens with zero attached hydrogens (tertiary/aromatic N) is 2. The second-order valence-corrected chi connectivity index (χ2v) is 5.52. The van der Waals surface area contributed by atoms with Crippen molar-refractivity contribution in [3.8, 4) is 5.75 Å². The summed E-state index contributed by atoms with van der Waals surface area (Å²) < 4.78 is 6.54. The number of benzene rings is 1. The lowest BCUT2D eigenvalue weighted by atomic mass is 10.0. The number of anilines is 1. The van der Waals surface area contributed by atoms with Crippen LogP contribution in [0.15, 0.2) is 41.0 Å². The van der Waals surface area contributed by atoms with Crippen LogP contribution in [-0.4, -0.2) is 17.9 Å². The number of ether oxygens (including phenoxy) is 1. The number of carbonyl (C=O) groups excluding carboxylic acids is 1. The molecule has 0 bridgehead atoms. The molecule has 1 atom stereocenters. The molecule has 4 nitrogen and oxygen atoms in total. The van der Waals surface area contributed by atoms with Crippen molar-refractivity contribution in [1.82, 2.24) is 4.98 Å². The highest BCUT2D eigenvalue weighted by molar-refractivity contribution is 9.10. The van der Waals surface area contributed by atoms with Crippen molar-refractivity contribution in [3.63, 3.8) is 0 Å². The zero-order chi connectivity index (χ0) is 14.3. The molecule has 1 aliphatic rings. The van der Waals surface area contributed by atoms with E-state index >= 15 is 0 Å². The molecule has 1 amide bonds. The molecule has 102 valence electrons. The Morgan fingerprint density at radius 1 is 1.25 bits per heavy atom. The number of carbonyl (C=O) groups is 1. The summed E-state index contributed by atoms with van der Waals surface area (Å²) in [5.41, 5.74) is 1.92. The van der Waals surface area contributed by atoms with Gasteiger partial charge in [0, 0.05) is 12.6 Å². The first-order chi connectivity index (χ1) is 9.58. The van der Waals surface area contributed by atoms with Crippen LogP contribution in [0.2, 0.25) is 0 Å². The second kappa shape index (κ2) is 4.90. The van der Waals surface area contributed by atoms with E-state index in [-0.39, 0.29) is 5.91 Å². The summed E-state index contributed by atoms with van der Waals surface area (Å²) in [5, 5.41) is 0. The first-order valence-corrected chi connectivity index (χ1v) is 7.03. The summed E-state index contributed by atoms with van der Waals surface area (Å²) in [6.07, 6.45) is -0.614. The summed E-state index contributed by atoms with van der Waals surface area (Å²) in [6, 6.07) is 11.4. The third-order valence-corrected chi connectivity index (χ3v) is 3.84. The molecule has 0 fully saturated rings. The zero-order valence-electron chi connectivity index (χ0n) is 11.1. The summed E-state index contributed by atoms with van der Waals surface area (Å²) in [5.74, 6) is 1.04. The van der Waals surface area contributed by atoms with Crippen LogP contribution >= 0.6 is 15.9 Å². The Morgan fingerprint density at radius 3 is 2.75 bits per heavy atom. The third-order valence-electron chi connectivity index (χ3n) is 3.39. The van der Waals surface area contributed by atoms with Crippen LogP contribution in [-0.2, 0) is 4.79 Å². The molecule has 0 radical (unpaired) electrons. The molecule has 0 spiro atoms. The van der Waals surface area contributed by atoms with Gasteiger partial charge in [0.1, 0.15) is 4.60 Å². The zero-order valence-corrected chi connectivity index (χ0v) is 12.7. The van der Waals surface area contributed by atoms with E-state index in [1.807, 2.05) is 37.3 Å². The Morgan fingerprint density at radius 2 is 2.00 bits per heavy atom. The van der Waals surface area contributed by atoms with E-state index in [1.165, 1.54) is 0 Å². The molecular weight excluding hydrogens is 320 g/mol. The van der Waals surface area contributed by atoms with Gasteiger partial charge in [-0.2, -0.15) is 0 Å². The molecule has 5 heteroatoms. The van der Waals surface area contributed by atoms with Crippen molar-refractivity contribution in [2.24, 2.45) is 0 Å². The van der Waals surface area contributed by atoms with Crippen LogP contribution in [0.1, 0.15) is 17.2 Å². The largest absolute Gasteiger partial charge is 0.472 e. The number of hydrogen-bond donors (Lipinski definition) is 0. The van der Waals surface area contributed by atoms with Crippen LogP contribution < -0.4 is 9.64 Å². The van der Waals surface area contributed by atoms with E-state index in [0.717, 1.165) is 11.1 Å². The number of aryl methyl sites for hydroxylation is 1. The molecule has 1 unspecified atom stereocenters. The van der Waals surface area contributed by atoms with E-state index in [0.29, 0.717) is 16.2 Å². The van der Waals surface area contributed by atoms with Crippen LogP contribution in [0.4, 0.5) is 5.82 Å². The van der Waals surface area contributed by atoms with Gasteiger partial charge in [-0.3, -0.25) is 9.69 Å². The highest BCUT2D eigenvalue weighted by atomic mass is 79.9. The molecule has 0 aliphatic carbocycles. The standard InChI is InChI=1S/C15H13BrN2O2/c1-9-5-3-4-6-10(9)13-15(19)18(2)14-11(20-13)7-8-12(16)17-14/h3-8,13H,1-2H3. The van der Waals surface area contributed by atoms with Gasteiger partial charge < -0.3 is 4.74 Å². The molecule has 0 saturated heterocycles. The molecule has 2 aromatic rings. The van der Waals surface area contributed by atoms with E-state index < -0.39 is 6.10 Å². The fraction of sp³-hybridized carbons (Fsp3) is 0.200. The molecule has 0 saturated carbocycles. The average molecular weight is 333 g/mol. The van der Waals surface area contributed by atoms with Crippen molar-refractivity contribution in [2.45, 2.75) is 13.0 Å². The molecule has 1 aliphatic heterocycles. The van der Waals surface area contributed by atoms with Crippen LogP contribution in [0, 0.1) is 6.92 Å². The van der Waals surface area contributed by atoms with Gasteiger partial charge >= 0.3 is 0 Å². The number of likely N-dealkylation sites (N-methyl/N-ethyl adjacent to an activating group) is 1. The average Bonchev–Trinajstić information content (AvgIpc) is 2.44. The van der Waals surface area contributed by atoms with Gasteiger partial charge in [0.25, 0.3) is 5.91 Å². The molecule has 3 rings (SSSR count). The van der Waals surface area contributed by atoms with Gasteiger partial charge in [-0.15, -0.1) is 0 Å². The Labute approximate surface area is 125 Å². The lowest BCUT2D eigenvalue weighted by Gasteiger charge is -2.31. The maximum absolute atomic E-state index is 12.5. The Kier molecular flexibility index (Phi) is 3.22. The normalized spacial score (nSPS) is 17.6. The molecular formula is C15H13BrN2O2. The minimum Gasteiger partial charge on any atom is -0.472 e. The topological polar surface area (TPSA) is 42.4 Å². The summed E-state index contributed by atoms with van der Waals surface area (Å²) in [7, 11) is 1.72. The Balaban J connectivity index is 2.07. The van der Waals surface area contributed by atoms with Gasteiger partial charge in [-0.1, -0.05) is 24.3 Å². The highest BCUT2D eigenvalue weighted by Crippen LogP contribution is 2.38. The second-order valence-electron chi connectivity index (χ2n) is 4.71. The predicted octanol–water partition coefficient (Wildman–Crippen LogP) is 3.25. The lowest BCUT2D eigenvalue weighted by molar-refractivity contribution is -0.126. The molecule has 1 aromatic carbocycles. The van der Waals surface area contributed by atoms with Gasteiger partial charge in [0.2, 0.25) is 6.10 Å². The monoisotopic (exact) mass is 332 g/mol. The van der Waals surface area contributed by atoms with E-state index in [4.69, 9.17) is 4.74 Å². The molecule has 0 N–H and O–H groups in total. The first kappa shape index (κ1) is 13.1. The lowest BCUT2D eigenvalue weighted by Crippen LogP contribution is -2.39. The Hall–Kier alpha value is -1.88. The van der Waals surface area contributed by atoms with Crippen molar-refractivity contribution >= 4 is 27.7 Å². The maximum atomic E-state index is 12.5. The predicted molar refractivity (Wildman–Crippen MR) is 79.9 cm³/mol. The van der Waals surface area contributed by atoms with Crippen molar-refractivity contribution in [1.29, 1.82) is 0 Å². The number of amides is 1. The van der Waals surface area contributed by atoms with Crippen molar-refractivity contribution in [3.05, 3.63) is 52.1 Å². The fourth-order valence-electron chi connectivity index (χ4n) is 2.28. The third kappa shape index (κ3) is 2.08. The minimum absolute atomic E-state index is 0.114. The van der Waals surface area contributed by atoms with Gasteiger partial charge in [-0.05, 0) is 40.5 Å². The SMILES string of the molecule is Cc1ccccc1C1Oc2ccc(Br)nc2N(C)C1=O. The number of pyridine rings is 1. The summed E-state index contributed by atoms with van der Waals surface area (Å²) in [6.45, 7) is 1.97. The van der Waals surface area contributed by atoms with Crippen molar-refractivity contribution < 1.29 is 9.53 Å². The molecule has 1 aromatic heterocycles. The van der Waals surface area contributed by atoms with Crippen molar-refractivity contribution in [2.75, 3.05) is 11.9 Å². The number of hydrogen-bond acceptors (Lipinski definition) is 3. The fourth-order valence-corrected chi connectivity index (χ4v) is 2.58. The molecule has 20 heavy (non-hydrogen) atoms. The van der Waals surface area contributed by atoms with Gasteiger partial charge in [0.05, 0.1) is 0 Å². The van der Waals surface area contributed by atoms with E-state index in [2.05, 4.69) is 20.9 Å². The quantitative estimate of drug-likeness (QED) is 0.753. The van der Waals surface area contributed by atoms with Gasteiger partial charge in [-0.25, -0.2) is 4.98 Å². The summed E-state index contributed by atoms with van der Waals surface area (Å²) in [4.78, 5) is 18.3. The van der Waals surface area contributed by atoms with E-state index in [1.54, 1.807) is 18.0 Å². The van der Waals surface area contributed by atoms with Crippen LogP contribution in [0.5, 0.6) is 5.75 Å². The number of rotatable bonds is 1. The number of fused-ring (bicyclic) bond motifs is 1. The first-order valence-electron chi connectivity index (χ1n) is 6.24. The van der Waals surface area contributed by atoms with Gasteiger partial charge in [0.15, 0.2) is 11.6 Å². The maximum Gasteiger partial charge on any atom is 0.273 e. The van der Waals surface area contributed by atoms with Crippen LogP contribution in [0.25, 0.3) is 0 Å². The highest BCUT2D eigenvalue weighted by Gasteiger charge is 2.35. The van der Waals surface area contributed by atoms with Crippen LogP contribution in [0.3, 0.4) is 0 Å².